The Bertz CT molecular complexity index is 895. The minimum atomic E-state index is -3.52. The highest BCUT2D eigenvalue weighted by Gasteiger charge is 2.42. The largest absolute Gasteiger partial charge is 0.444 e. The van der Waals surface area contributed by atoms with Gasteiger partial charge >= 0.3 is 6.09 Å². The lowest BCUT2D eigenvalue weighted by molar-refractivity contribution is 0.0139. The SMILES string of the molecule is CC(C)(C)OC(=O)N1CC(S(=O)(=O)c2ccc3ncc(Br)n3c2)C1. The van der Waals surface area contributed by atoms with Crippen molar-refractivity contribution in [2.75, 3.05) is 13.1 Å². The molecule has 1 saturated heterocycles. The normalized spacial score (nSPS) is 16.2. The number of sulfone groups is 1. The van der Waals surface area contributed by atoms with Gasteiger partial charge in [-0.1, -0.05) is 0 Å². The number of halogens is 1. The number of imidazole rings is 1. The number of ether oxygens (including phenoxy) is 1. The lowest BCUT2D eigenvalue weighted by Gasteiger charge is -2.39. The molecule has 3 heterocycles. The van der Waals surface area contributed by atoms with Crippen molar-refractivity contribution in [1.82, 2.24) is 14.3 Å². The van der Waals surface area contributed by atoms with Crippen molar-refractivity contribution < 1.29 is 17.9 Å². The molecule has 9 heteroatoms. The first-order valence-corrected chi connectivity index (χ1v) is 9.76. The van der Waals surface area contributed by atoms with Gasteiger partial charge < -0.3 is 9.64 Å². The van der Waals surface area contributed by atoms with Crippen molar-refractivity contribution in [1.29, 1.82) is 0 Å². The van der Waals surface area contributed by atoms with Crippen LogP contribution in [0.2, 0.25) is 0 Å². The number of carbonyl (C=O) groups is 1. The number of pyridine rings is 1. The molecule has 0 spiro atoms. The van der Waals surface area contributed by atoms with Gasteiger partial charge in [0.2, 0.25) is 0 Å². The Morgan fingerprint density at radius 1 is 1.33 bits per heavy atom. The summed E-state index contributed by atoms with van der Waals surface area (Å²) < 4.78 is 33.0. The average Bonchev–Trinajstić information content (AvgIpc) is 2.76. The summed E-state index contributed by atoms with van der Waals surface area (Å²) in [7, 11) is -3.52. The molecule has 2 aromatic rings. The molecular weight excluding hydrogens is 398 g/mol. The molecule has 0 radical (unpaired) electrons. The summed E-state index contributed by atoms with van der Waals surface area (Å²) in [5.41, 5.74) is 0.0598. The highest BCUT2D eigenvalue weighted by molar-refractivity contribution is 9.10. The van der Waals surface area contributed by atoms with E-state index in [2.05, 4.69) is 20.9 Å². The Morgan fingerprint density at radius 2 is 2.00 bits per heavy atom. The van der Waals surface area contributed by atoms with E-state index in [0.29, 0.717) is 10.3 Å². The minimum Gasteiger partial charge on any atom is -0.444 e. The number of likely N-dealkylation sites (tertiary alicyclic amines) is 1. The molecule has 1 aliphatic rings. The van der Waals surface area contributed by atoms with Gasteiger partial charge in [-0.15, -0.1) is 0 Å². The number of amides is 1. The Morgan fingerprint density at radius 3 is 2.62 bits per heavy atom. The van der Waals surface area contributed by atoms with Gasteiger partial charge in [-0.3, -0.25) is 4.40 Å². The zero-order valence-electron chi connectivity index (χ0n) is 13.6. The first-order chi connectivity index (χ1) is 11.1. The number of aromatic nitrogens is 2. The van der Waals surface area contributed by atoms with Crippen molar-refractivity contribution in [3.05, 3.63) is 29.1 Å². The summed E-state index contributed by atoms with van der Waals surface area (Å²) in [6.07, 6.45) is 2.67. The van der Waals surface area contributed by atoms with Gasteiger partial charge in [0.1, 0.15) is 21.1 Å². The van der Waals surface area contributed by atoms with E-state index in [1.165, 1.54) is 11.1 Å². The fourth-order valence-corrected chi connectivity index (χ4v) is 4.44. The molecule has 3 rings (SSSR count). The summed E-state index contributed by atoms with van der Waals surface area (Å²) in [5.74, 6) is 0. The van der Waals surface area contributed by atoms with Gasteiger partial charge in [0, 0.05) is 19.3 Å². The molecule has 0 atom stereocenters. The molecule has 0 aliphatic carbocycles. The van der Waals surface area contributed by atoms with E-state index in [0.717, 1.165) is 0 Å². The van der Waals surface area contributed by atoms with Crippen molar-refractivity contribution >= 4 is 37.5 Å². The van der Waals surface area contributed by atoms with Gasteiger partial charge in [0.05, 0.1) is 11.1 Å². The van der Waals surface area contributed by atoms with Crippen LogP contribution in [0.3, 0.4) is 0 Å². The van der Waals surface area contributed by atoms with Crippen molar-refractivity contribution in [3.8, 4) is 0 Å². The molecule has 1 aliphatic heterocycles. The maximum absolute atomic E-state index is 12.7. The lowest BCUT2D eigenvalue weighted by atomic mass is 10.2. The monoisotopic (exact) mass is 415 g/mol. The molecule has 0 N–H and O–H groups in total. The average molecular weight is 416 g/mol. The molecule has 24 heavy (non-hydrogen) atoms. The second kappa shape index (κ2) is 5.73. The Hall–Kier alpha value is -1.61. The first kappa shape index (κ1) is 17.2. The van der Waals surface area contributed by atoms with Crippen LogP contribution in [-0.2, 0) is 14.6 Å². The number of hydrogen-bond donors (Lipinski definition) is 0. The highest BCUT2D eigenvalue weighted by Crippen LogP contribution is 2.26. The summed E-state index contributed by atoms with van der Waals surface area (Å²) >= 11 is 3.33. The second-order valence-electron chi connectivity index (χ2n) is 6.73. The zero-order chi connectivity index (χ0) is 17.7. The molecular formula is C15H18BrN3O4S. The number of hydrogen-bond acceptors (Lipinski definition) is 5. The van der Waals surface area contributed by atoms with Crippen LogP contribution in [0.25, 0.3) is 5.65 Å². The molecule has 1 fully saturated rings. The van der Waals surface area contributed by atoms with Gasteiger partial charge in [-0.05, 0) is 48.8 Å². The van der Waals surface area contributed by atoms with E-state index in [1.807, 2.05) is 0 Å². The first-order valence-electron chi connectivity index (χ1n) is 7.42. The van der Waals surface area contributed by atoms with Gasteiger partial charge in [-0.25, -0.2) is 18.2 Å². The van der Waals surface area contributed by atoms with E-state index in [1.54, 1.807) is 43.5 Å². The Labute approximate surface area is 148 Å². The molecule has 130 valence electrons. The third-order valence-corrected chi connectivity index (χ3v) is 6.36. The minimum absolute atomic E-state index is 0.139. The Kier molecular flexibility index (Phi) is 4.11. The Balaban J connectivity index is 1.75. The number of rotatable bonds is 2. The number of nitrogens with zero attached hydrogens (tertiary/aromatic N) is 3. The zero-order valence-corrected chi connectivity index (χ0v) is 16.0. The highest BCUT2D eigenvalue weighted by atomic mass is 79.9. The predicted octanol–water partition coefficient (Wildman–Crippen LogP) is 2.49. The van der Waals surface area contributed by atoms with Crippen LogP contribution in [-0.4, -0.2) is 52.7 Å². The van der Waals surface area contributed by atoms with Crippen LogP contribution in [0.4, 0.5) is 4.79 Å². The van der Waals surface area contributed by atoms with Gasteiger partial charge in [0.25, 0.3) is 0 Å². The van der Waals surface area contributed by atoms with Crippen molar-refractivity contribution in [2.45, 2.75) is 36.5 Å². The van der Waals surface area contributed by atoms with Crippen LogP contribution >= 0.6 is 15.9 Å². The van der Waals surface area contributed by atoms with Crippen LogP contribution in [0.15, 0.2) is 34.0 Å². The third-order valence-electron chi connectivity index (χ3n) is 3.70. The van der Waals surface area contributed by atoms with E-state index < -0.39 is 26.8 Å². The fourth-order valence-electron chi connectivity index (χ4n) is 2.40. The molecule has 1 amide bonds. The fraction of sp³-hybridized carbons (Fsp3) is 0.467. The lowest BCUT2D eigenvalue weighted by Crippen LogP contribution is -2.57. The summed E-state index contributed by atoms with van der Waals surface area (Å²) in [5, 5.41) is -0.621. The summed E-state index contributed by atoms with van der Waals surface area (Å²) in [6.45, 7) is 5.60. The topological polar surface area (TPSA) is 81.0 Å². The summed E-state index contributed by atoms with van der Waals surface area (Å²) in [6, 6.07) is 3.20. The van der Waals surface area contributed by atoms with Crippen molar-refractivity contribution in [2.24, 2.45) is 0 Å². The van der Waals surface area contributed by atoms with Crippen LogP contribution in [0, 0.1) is 0 Å². The second-order valence-corrected chi connectivity index (χ2v) is 9.77. The smallest absolute Gasteiger partial charge is 0.410 e. The van der Waals surface area contributed by atoms with Crippen LogP contribution in [0.5, 0.6) is 0 Å². The van der Waals surface area contributed by atoms with Crippen LogP contribution in [0.1, 0.15) is 20.8 Å². The molecule has 0 bridgehead atoms. The molecule has 7 nitrogen and oxygen atoms in total. The van der Waals surface area contributed by atoms with E-state index in [9.17, 15) is 13.2 Å². The molecule has 0 saturated carbocycles. The quantitative estimate of drug-likeness (QED) is 0.752. The summed E-state index contributed by atoms with van der Waals surface area (Å²) in [4.78, 5) is 17.7. The predicted molar refractivity (Wildman–Crippen MR) is 91.7 cm³/mol. The number of fused-ring (bicyclic) bond motifs is 1. The molecule has 2 aromatic heterocycles. The molecule has 0 unspecified atom stereocenters. The van der Waals surface area contributed by atoms with E-state index in [-0.39, 0.29) is 18.0 Å². The van der Waals surface area contributed by atoms with Gasteiger partial charge in [0.15, 0.2) is 9.84 Å². The standard InChI is InChI=1S/C15H18BrN3O4S/c1-15(2,3)23-14(20)18-7-11(8-18)24(21,22)10-4-5-13-17-6-12(16)19(13)9-10/h4-6,9,11H,7-8H2,1-3H3. The van der Waals surface area contributed by atoms with Crippen LogP contribution < -0.4 is 0 Å². The third kappa shape index (κ3) is 3.14. The van der Waals surface area contributed by atoms with Crippen molar-refractivity contribution in [3.63, 3.8) is 0 Å². The maximum atomic E-state index is 12.7. The van der Waals surface area contributed by atoms with E-state index >= 15 is 0 Å². The van der Waals surface area contributed by atoms with E-state index in [4.69, 9.17) is 4.74 Å². The molecule has 0 aromatic carbocycles. The van der Waals surface area contributed by atoms with Gasteiger partial charge in [-0.2, -0.15) is 0 Å². The number of carbonyl (C=O) groups excluding carboxylic acids is 1. The maximum Gasteiger partial charge on any atom is 0.410 e.